The molecule has 5 nitrogen and oxygen atoms in total. The number of carbonyl (C=O) groups is 2. The van der Waals surface area contributed by atoms with Crippen molar-refractivity contribution in [3.63, 3.8) is 0 Å². The molecule has 0 aliphatic carbocycles. The Labute approximate surface area is 126 Å². The van der Waals surface area contributed by atoms with E-state index >= 15 is 0 Å². The minimum absolute atomic E-state index is 0.0371. The number of rotatable bonds is 3. The summed E-state index contributed by atoms with van der Waals surface area (Å²) in [5.41, 5.74) is -0.708. The number of amides is 2. The van der Waals surface area contributed by atoms with Crippen LogP contribution in [0.15, 0.2) is 18.2 Å². The number of urea groups is 1. The molecule has 1 saturated heterocycles. The summed E-state index contributed by atoms with van der Waals surface area (Å²) in [6, 6.07) is 3.88. The second-order valence-corrected chi connectivity index (χ2v) is 5.80. The first-order chi connectivity index (χ1) is 9.83. The molecule has 0 saturated carbocycles. The number of hydrogen-bond acceptors (Lipinski definition) is 2. The van der Waals surface area contributed by atoms with Crippen LogP contribution in [0.2, 0.25) is 5.02 Å². The molecule has 0 radical (unpaired) electrons. The van der Waals surface area contributed by atoms with E-state index in [1.807, 2.05) is 0 Å². The highest BCUT2D eigenvalue weighted by atomic mass is 35.5. The third-order valence-electron chi connectivity index (χ3n) is 3.75. The average Bonchev–Trinajstić information content (AvgIpc) is 2.82. The lowest BCUT2D eigenvalue weighted by molar-refractivity contribution is -0.146. The Morgan fingerprint density at radius 1 is 1.52 bits per heavy atom. The maximum Gasteiger partial charge on any atom is 0.317 e. The molecule has 7 heteroatoms. The molecular weight excluding hydrogens is 299 g/mol. The van der Waals surface area contributed by atoms with Gasteiger partial charge in [-0.1, -0.05) is 17.7 Å². The lowest BCUT2D eigenvalue weighted by atomic mass is 9.90. The summed E-state index contributed by atoms with van der Waals surface area (Å²) in [5.74, 6) is -1.41. The highest BCUT2D eigenvalue weighted by Crippen LogP contribution is 2.30. The van der Waals surface area contributed by atoms with Gasteiger partial charge in [0.25, 0.3) is 0 Å². The van der Waals surface area contributed by atoms with Gasteiger partial charge >= 0.3 is 12.0 Å². The minimum Gasteiger partial charge on any atom is -0.481 e. The highest BCUT2D eigenvalue weighted by molar-refractivity contribution is 6.31. The first kappa shape index (κ1) is 15.6. The van der Waals surface area contributed by atoms with Gasteiger partial charge in [0.15, 0.2) is 0 Å². The van der Waals surface area contributed by atoms with Crippen LogP contribution in [0.4, 0.5) is 9.18 Å². The van der Waals surface area contributed by atoms with Gasteiger partial charge in [0.1, 0.15) is 5.82 Å². The van der Waals surface area contributed by atoms with E-state index < -0.39 is 23.2 Å². The van der Waals surface area contributed by atoms with Gasteiger partial charge in [0.05, 0.1) is 5.41 Å². The maximum atomic E-state index is 13.6. The Morgan fingerprint density at radius 3 is 2.81 bits per heavy atom. The normalized spacial score (nSPS) is 21.4. The molecule has 1 aliphatic heterocycles. The average molecular weight is 315 g/mol. The molecule has 0 bridgehead atoms. The molecule has 1 aliphatic rings. The van der Waals surface area contributed by atoms with Gasteiger partial charge in [0.2, 0.25) is 0 Å². The third-order valence-corrected chi connectivity index (χ3v) is 4.11. The van der Waals surface area contributed by atoms with Crippen molar-refractivity contribution in [2.24, 2.45) is 5.41 Å². The Morgan fingerprint density at radius 2 is 2.24 bits per heavy atom. The lowest BCUT2D eigenvalue weighted by Crippen LogP contribution is -2.40. The van der Waals surface area contributed by atoms with Crippen molar-refractivity contribution in [2.45, 2.75) is 19.9 Å². The van der Waals surface area contributed by atoms with Crippen LogP contribution >= 0.6 is 11.6 Å². The zero-order valence-corrected chi connectivity index (χ0v) is 12.3. The van der Waals surface area contributed by atoms with Crippen LogP contribution in [0.1, 0.15) is 18.9 Å². The molecule has 21 heavy (non-hydrogen) atoms. The van der Waals surface area contributed by atoms with Gasteiger partial charge in [-0.2, -0.15) is 0 Å². The van der Waals surface area contributed by atoms with E-state index in [1.54, 1.807) is 13.0 Å². The number of carboxylic acid groups (broad SMARTS) is 1. The monoisotopic (exact) mass is 314 g/mol. The molecule has 1 atom stereocenters. The van der Waals surface area contributed by atoms with Crippen LogP contribution in [0.3, 0.4) is 0 Å². The predicted octanol–water partition coefficient (Wildman–Crippen LogP) is 2.49. The molecule has 2 rings (SSSR count). The van der Waals surface area contributed by atoms with Gasteiger partial charge in [-0.15, -0.1) is 0 Å². The molecule has 0 spiro atoms. The second kappa shape index (κ2) is 5.89. The molecule has 2 N–H and O–H groups in total. The Hall–Kier alpha value is -1.82. The van der Waals surface area contributed by atoms with Crippen molar-refractivity contribution in [3.8, 4) is 0 Å². The minimum atomic E-state index is -0.924. The van der Waals surface area contributed by atoms with Gasteiger partial charge < -0.3 is 15.3 Å². The van der Waals surface area contributed by atoms with Gasteiger partial charge in [-0.25, -0.2) is 9.18 Å². The fourth-order valence-corrected chi connectivity index (χ4v) is 2.52. The van der Waals surface area contributed by atoms with E-state index in [0.717, 1.165) is 0 Å². The molecule has 1 fully saturated rings. The van der Waals surface area contributed by atoms with Crippen molar-refractivity contribution in [2.75, 3.05) is 13.1 Å². The van der Waals surface area contributed by atoms with Gasteiger partial charge in [-0.3, -0.25) is 4.79 Å². The summed E-state index contributed by atoms with van der Waals surface area (Å²) in [5, 5.41) is 11.9. The van der Waals surface area contributed by atoms with Crippen molar-refractivity contribution in [1.29, 1.82) is 0 Å². The number of likely N-dealkylation sites (tertiary alicyclic amines) is 1. The van der Waals surface area contributed by atoms with Crippen molar-refractivity contribution in [1.82, 2.24) is 10.2 Å². The van der Waals surface area contributed by atoms with E-state index in [0.29, 0.717) is 13.0 Å². The Kier molecular flexibility index (Phi) is 4.37. The topological polar surface area (TPSA) is 69.6 Å². The number of nitrogens with one attached hydrogen (secondary N) is 1. The number of aliphatic carboxylic acids is 1. The molecule has 1 aromatic rings. The van der Waals surface area contributed by atoms with Crippen LogP contribution in [-0.2, 0) is 11.3 Å². The van der Waals surface area contributed by atoms with E-state index in [-0.39, 0.29) is 23.7 Å². The first-order valence-electron chi connectivity index (χ1n) is 6.52. The molecule has 0 aromatic heterocycles. The van der Waals surface area contributed by atoms with E-state index in [9.17, 15) is 14.0 Å². The molecule has 1 aromatic carbocycles. The zero-order chi connectivity index (χ0) is 15.6. The second-order valence-electron chi connectivity index (χ2n) is 5.40. The standard InChI is InChI=1S/C14H16ClFN2O3/c1-14(12(19)20)5-6-18(8-14)13(21)17-7-9-10(15)3-2-4-11(9)16/h2-4H,5-8H2,1H3,(H,17,21)(H,19,20). The largest absolute Gasteiger partial charge is 0.481 e. The molecule has 1 heterocycles. The first-order valence-corrected chi connectivity index (χ1v) is 6.90. The smallest absolute Gasteiger partial charge is 0.317 e. The summed E-state index contributed by atoms with van der Waals surface area (Å²) >= 11 is 5.88. The lowest BCUT2D eigenvalue weighted by Gasteiger charge is -2.20. The zero-order valence-electron chi connectivity index (χ0n) is 11.5. The SMILES string of the molecule is CC1(C(=O)O)CCN(C(=O)NCc2c(F)cccc2Cl)C1. The number of carboxylic acids is 1. The number of hydrogen-bond donors (Lipinski definition) is 2. The molecule has 114 valence electrons. The summed E-state index contributed by atoms with van der Waals surface area (Å²) in [6.07, 6.45) is 0.399. The number of halogens is 2. The maximum absolute atomic E-state index is 13.6. The third kappa shape index (κ3) is 3.26. The summed E-state index contributed by atoms with van der Waals surface area (Å²) in [4.78, 5) is 24.6. The fourth-order valence-electron chi connectivity index (χ4n) is 2.29. The van der Waals surface area contributed by atoms with Crippen molar-refractivity contribution >= 4 is 23.6 Å². The predicted molar refractivity (Wildman–Crippen MR) is 75.6 cm³/mol. The quantitative estimate of drug-likeness (QED) is 0.900. The Balaban J connectivity index is 1.96. The van der Waals surface area contributed by atoms with E-state index in [4.69, 9.17) is 16.7 Å². The van der Waals surface area contributed by atoms with Crippen LogP contribution in [0.5, 0.6) is 0 Å². The van der Waals surface area contributed by atoms with E-state index in [1.165, 1.54) is 17.0 Å². The van der Waals surface area contributed by atoms with Crippen LogP contribution in [-0.4, -0.2) is 35.1 Å². The van der Waals surface area contributed by atoms with Crippen LogP contribution in [0.25, 0.3) is 0 Å². The number of benzene rings is 1. The summed E-state index contributed by atoms with van der Waals surface area (Å²) < 4.78 is 13.6. The van der Waals surface area contributed by atoms with Gasteiger partial charge in [0, 0.05) is 30.2 Å². The van der Waals surface area contributed by atoms with Crippen LogP contribution < -0.4 is 5.32 Å². The molecule has 1 unspecified atom stereocenters. The summed E-state index contributed by atoms with van der Waals surface area (Å²) in [6.45, 7) is 2.07. The fraction of sp³-hybridized carbons (Fsp3) is 0.429. The highest BCUT2D eigenvalue weighted by Gasteiger charge is 2.42. The molecular formula is C14H16ClFN2O3. The van der Waals surface area contributed by atoms with Crippen molar-refractivity contribution in [3.05, 3.63) is 34.6 Å². The summed E-state index contributed by atoms with van der Waals surface area (Å²) in [7, 11) is 0. The Bertz CT molecular complexity index is 561. The van der Waals surface area contributed by atoms with Crippen molar-refractivity contribution < 1.29 is 19.1 Å². The number of carbonyl (C=O) groups excluding carboxylic acids is 1. The number of nitrogens with zero attached hydrogens (tertiary/aromatic N) is 1. The van der Waals surface area contributed by atoms with E-state index in [2.05, 4.69) is 5.32 Å². The van der Waals surface area contributed by atoms with Crippen LogP contribution in [0, 0.1) is 11.2 Å². The molecule has 2 amide bonds. The van der Waals surface area contributed by atoms with Gasteiger partial charge in [-0.05, 0) is 25.5 Å².